The molecule has 0 aliphatic rings. The van der Waals surface area contributed by atoms with Crippen molar-refractivity contribution in [3.8, 4) is 5.69 Å². The molecule has 3 aromatic rings. The van der Waals surface area contributed by atoms with Gasteiger partial charge >= 0.3 is 0 Å². The molecule has 0 fully saturated rings. The Kier molecular flexibility index (Phi) is 5.91. The normalized spacial score (nSPS) is 12.4. The standard InChI is InChI=1S/C26H36N2Si/c1-9-21-12-14-22(15-13-21)18-24-20(3)28(23-16-10-19(2)11-17-23)27-25(24)29(7,8)26(4,5)6/h10-17H,9,18H2,1-8H3. The molecule has 0 saturated heterocycles. The van der Waals surface area contributed by atoms with E-state index in [4.69, 9.17) is 5.10 Å². The summed E-state index contributed by atoms with van der Waals surface area (Å²) in [5, 5.41) is 6.85. The first-order chi connectivity index (χ1) is 13.5. The van der Waals surface area contributed by atoms with E-state index in [1.807, 2.05) is 0 Å². The van der Waals surface area contributed by atoms with Gasteiger partial charge in [-0.3, -0.25) is 0 Å². The Balaban J connectivity index is 2.14. The maximum Gasteiger partial charge on any atom is 0.112 e. The largest absolute Gasteiger partial charge is 0.238 e. The second-order valence-corrected chi connectivity index (χ2v) is 15.1. The highest BCUT2D eigenvalue weighted by atomic mass is 28.3. The smallest absolute Gasteiger partial charge is 0.112 e. The molecule has 1 aromatic heterocycles. The van der Waals surface area contributed by atoms with Gasteiger partial charge in [-0.05, 0) is 54.1 Å². The van der Waals surface area contributed by atoms with Crippen molar-refractivity contribution in [2.24, 2.45) is 0 Å². The molecule has 0 bridgehead atoms. The third-order valence-corrected chi connectivity index (χ3v) is 12.1. The van der Waals surface area contributed by atoms with Crippen LogP contribution in [-0.2, 0) is 12.8 Å². The van der Waals surface area contributed by atoms with Crippen LogP contribution in [0.3, 0.4) is 0 Å². The first-order valence-electron chi connectivity index (χ1n) is 10.8. The molecule has 2 nitrogen and oxygen atoms in total. The minimum atomic E-state index is -1.78. The Morgan fingerprint density at radius 1 is 0.862 bits per heavy atom. The molecule has 3 rings (SSSR count). The predicted molar refractivity (Wildman–Crippen MR) is 128 cm³/mol. The average Bonchev–Trinajstić information content (AvgIpc) is 2.99. The minimum Gasteiger partial charge on any atom is -0.238 e. The van der Waals surface area contributed by atoms with Gasteiger partial charge in [-0.25, -0.2) is 4.68 Å². The van der Waals surface area contributed by atoms with Gasteiger partial charge in [0.1, 0.15) is 8.07 Å². The number of aromatic nitrogens is 2. The van der Waals surface area contributed by atoms with E-state index in [-0.39, 0.29) is 5.04 Å². The third-order valence-electron chi connectivity index (χ3n) is 6.80. The van der Waals surface area contributed by atoms with E-state index in [0.717, 1.165) is 18.5 Å². The lowest BCUT2D eigenvalue weighted by atomic mass is 10.0. The molecule has 154 valence electrons. The summed E-state index contributed by atoms with van der Waals surface area (Å²) in [5.41, 5.74) is 7.88. The van der Waals surface area contributed by atoms with Gasteiger partial charge in [-0.15, -0.1) is 0 Å². The summed E-state index contributed by atoms with van der Waals surface area (Å²) in [6.07, 6.45) is 2.03. The van der Waals surface area contributed by atoms with E-state index in [9.17, 15) is 0 Å². The molecule has 3 heteroatoms. The fourth-order valence-electron chi connectivity index (χ4n) is 3.64. The summed E-state index contributed by atoms with van der Waals surface area (Å²) in [4.78, 5) is 0. The molecule has 0 aliphatic carbocycles. The van der Waals surface area contributed by atoms with Gasteiger partial charge in [-0.1, -0.05) is 82.8 Å². The second kappa shape index (κ2) is 7.95. The molecule has 0 aliphatic heterocycles. The Hall–Kier alpha value is -2.13. The zero-order valence-corrected chi connectivity index (χ0v) is 20.4. The van der Waals surface area contributed by atoms with Crippen LogP contribution in [0.15, 0.2) is 48.5 Å². The quantitative estimate of drug-likeness (QED) is 0.453. The van der Waals surface area contributed by atoms with Crippen LogP contribution in [-0.4, -0.2) is 17.9 Å². The van der Waals surface area contributed by atoms with Crippen molar-refractivity contribution in [3.63, 3.8) is 0 Å². The Bertz CT molecular complexity index is 971. The number of hydrogen-bond donors (Lipinski definition) is 0. The summed E-state index contributed by atoms with van der Waals surface area (Å²) in [5.74, 6) is 0. The summed E-state index contributed by atoms with van der Waals surface area (Å²) in [6, 6.07) is 17.8. The van der Waals surface area contributed by atoms with Crippen LogP contribution in [0.5, 0.6) is 0 Å². The molecule has 0 unspecified atom stereocenters. The molecule has 0 amide bonds. The Morgan fingerprint density at radius 3 is 1.93 bits per heavy atom. The third kappa shape index (κ3) is 4.25. The molecule has 2 aromatic carbocycles. The molecular weight excluding hydrogens is 368 g/mol. The van der Waals surface area contributed by atoms with Crippen LogP contribution in [0, 0.1) is 13.8 Å². The van der Waals surface area contributed by atoms with E-state index in [1.165, 1.54) is 33.3 Å². The number of hydrogen-bond acceptors (Lipinski definition) is 1. The van der Waals surface area contributed by atoms with Crippen molar-refractivity contribution in [2.45, 2.75) is 72.5 Å². The van der Waals surface area contributed by atoms with Crippen molar-refractivity contribution in [3.05, 3.63) is 76.5 Å². The molecule has 0 atom stereocenters. The highest BCUT2D eigenvalue weighted by Crippen LogP contribution is 2.36. The van der Waals surface area contributed by atoms with Gasteiger partial charge in [-0.2, -0.15) is 5.10 Å². The van der Waals surface area contributed by atoms with Gasteiger partial charge in [0.05, 0.1) is 5.69 Å². The molecule has 1 heterocycles. The molecule has 29 heavy (non-hydrogen) atoms. The van der Waals surface area contributed by atoms with Crippen molar-refractivity contribution < 1.29 is 0 Å². The van der Waals surface area contributed by atoms with Crippen LogP contribution in [0.1, 0.15) is 55.6 Å². The molecule has 0 spiro atoms. The van der Waals surface area contributed by atoms with Gasteiger partial charge in [0.2, 0.25) is 0 Å². The van der Waals surface area contributed by atoms with Crippen LogP contribution < -0.4 is 5.32 Å². The first kappa shape index (κ1) is 21.6. The van der Waals surface area contributed by atoms with Crippen LogP contribution in [0.2, 0.25) is 18.1 Å². The van der Waals surface area contributed by atoms with E-state index in [2.05, 4.69) is 108 Å². The lowest BCUT2D eigenvalue weighted by Crippen LogP contribution is -2.52. The van der Waals surface area contributed by atoms with Crippen LogP contribution >= 0.6 is 0 Å². The van der Waals surface area contributed by atoms with Gasteiger partial charge in [0.25, 0.3) is 0 Å². The van der Waals surface area contributed by atoms with Gasteiger partial charge < -0.3 is 0 Å². The lowest BCUT2D eigenvalue weighted by molar-refractivity contribution is 0.726. The van der Waals surface area contributed by atoms with Crippen LogP contribution in [0.25, 0.3) is 5.69 Å². The highest BCUT2D eigenvalue weighted by molar-refractivity contribution is 6.91. The fourth-order valence-corrected chi connectivity index (χ4v) is 5.72. The SMILES string of the molecule is CCc1ccc(Cc2c([Si](C)(C)C(C)(C)C)nn(-c3ccc(C)cc3)c2C)cc1. The Labute approximate surface area is 178 Å². The van der Waals surface area contributed by atoms with Crippen molar-refractivity contribution >= 4 is 13.4 Å². The zero-order chi connectivity index (χ0) is 21.4. The van der Waals surface area contributed by atoms with Crippen molar-refractivity contribution in [2.75, 3.05) is 0 Å². The fraction of sp³-hybridized carbons (Fsp3) is 0.423. The molecular formula is C26H36N2Si. The average molecular weight is 405 g/mol. The van der Waals surface area contributed by atoms with E-state index < -0.39 is 8.07 Å². The predicted octanol–water partition coefficient (Wildman–Crippen LogP) is 6.36. The Morgan fingerprint density at radius 2 is 1.41 bits per heavy atom. The number of aryl methyl sites for hydroxylation is 2. The lowest BCUT2D eigenvalue weighted by Gasteiger charge is -2.36. The van der Waals surface area contributed by atoms with E-state index in [0.29, 0.717) is 0 Å². The van der Waals surface area contributed by atoms with Gasteiger partial charge in [0.15, 0.2) is 0 Å². The first-order valence-corrected chi connectivity index (χ1v) is 13.8. The summed E-state index contributed by atoms with van der Waals surface area (Å²) in [6.45, 7) is 18.6. The number of benzene rings is 2. The minimum absolute atomic E-state index is 0.243. The maximum absolute atomic E-state index is 5.26. The molecule has 0 saturated carbocycles. The molecule has 0 radical (unpaired) electrons. The summed E-state index contributed by atoms with van der Waals surface area (Å²) >= 11 is 0. The topological polar surface area (TPSA) is 17.8 Å². The second-order valence-electron chi connectivity index (χ2n) is 9.88. The van der Waals surface area contributed by atoms with Crippen LogP contribution in [0.4, 0.5) is 0 Å². The monoisotopic (exact) mass is 404 g/mol. The summed E-state index contributed by atoms with van der Waals surface area (Å²) < 4.78 is 2.17. The van der Waals surface area contributed by atoms with Gasteiger partial charge in [0, 0.05) is 17.4 Å². The summed E-state index contributed by atoms with van der Waals surface area (Å²) in [7, 11) is -1.78. The number of rotatable bonds is 5. The van der Waals surface area contributed by atoms with Crippen molar-refractivity contribution in [1.82, 2.24) is 9.78 Å². The van der Waals surface area contributed by atoms with Crippen molar-refractivity contribution in [1.29, 1.82) is 0 Å². The number of nitrogens with zero attached hydrogens (tertiary/aromatic N) is 2. The highest BCUT2D eigenvalue weighted by Gasteiger charge is 2.41. The van der Waals surface area contributed by atoms with E-state index >= 15 is 0 Å². The maximum atomic E-state index is 5.26. The van der Waals surface area contributed by atoms with E-state index in [1.54, 1.807) is 0 Å². The molecule has 0 N–H and O–H groups in total. The zero-order valence-electron chi connectivity index (χ0n) is 19.4.